The summed E-state index contributed by atoms with van der Waals surface area (Å²) in [5.41, 5.74) is 1.65. The Morgan fingerprint density at radius 3 is 2.54 bits per heavy atom. The molecule has 138 valence electrons. The van der Waals surface area contributed by atoms with Crippen molar-refractivity contribution < 1.29 is 17.9 Å². The fraction of sp³-hybridized carbons (Fsp3) is 0.316. The number of anilines is 2. The highest BCUT2D eigenvalue weighted by Gasteiger charge is 2.26. The minimum atomic E-state index is -3.25. The molecule has 1 amide bonds. The van der Waals surface area contributed by atoms with Gasteiger partial charge in [-0.15, -0.1) is 0 Å². The van der Waals surface area contributed by atoms with Crippen molar-refractivity contribution in [3.63, 3.8) is 0 Å². The second-order valence-corrected chi connectivity index (χ2v) is 8.04. The van der Waals surface area contributed by atoms with Crippen LogP contribution in [-0.2, 0) is 10.0 Å². The number of carbonyl (C=O) groups excluding carboxylic acids is 1. The topological polar surface area (TPSA) is 75.7 Å². The van der Waals surface area contributed by atoms with Gasteiger partial charge in [-0.2, -0.15) is 0 Å². The molecule has 0 saturated carbocycles. The van der Waals surface area contributed by atoms with Gasteiger partial charge in [0.25, 0.3) is 5.91 Å². The molecule has 1 N–H and O–H groups in total. The minimum Gasteiger partial charge on any atom is -0.492 e. The van der Waals surface area contributed by atoms with Crippen LogP contribution in [-0.4, -0.2) is 33.2 Å². The number of hydrogen-bond donors (Lipinski definition) is 1. The molecule has 1 fully saturated rings. The van der Waals surface area contributed by atoms with Crippen molar-refractivity contribution in [3.8, 4) is 5.75 Å². The van der Waals surface area contributed by atoms with E-state index in [0.717, 1.165) is 6.42 Å². The lowest BCUT2D eigenvalue weighted by Gasteiger charge is -2.28. The third-order valence-corrected chi connectivity index (χ3v) is 6.07. The average molecular weight is 374 g/mol. The smallest absolute Gasteiger partial charge is 0.255 e. The number of ether oxygens (including phenoxy) is 1. The van der Waals surface area contributed by atoms with Gasteiger partial charge in [-0.05, 0) is 56.2 Å². The van der Waals surface area contributed by atoms with Gasteiger partial charge in [0.15, 0.2) is 0 Å². The third kappa shape index (κ3) is 3.99. The first-order chi connectivity index (χ1) is 12.5. The number of nitrogens with one attached hydrogen (secondary N) is 1. The zero-order valence-electron chi connectivity index (χ0n) is 14.6. The second kappa shape index (κ2) is 7.78. The van der Waals surface area contributed by atoms with E-state index in [1.807, 2.05) is 19.1 Å². The molecule has 0 aromatic heterocycles. The molecule has 2 aromatic rings. The predicted octanol–water partition coefficient (Wildman–Crippen LogP) is 3.27. The van der Waals surface area contributed by atoms with Gasteiger partial charge in [0.05, 0.1) is 23.7 Å². The number of benzene rings is 2. The molecule has 0 unspecified atom stereocenters. The lowest BCUT2D eigenvalue weighted by atomic mass is 10.2. The molecule has 1 heterocycles. The maximum Gasteiger partial charge on any atom is 0.255 e. The Labute approximate surface area is 153 Å². The van der Waals surface area contributed by atoms with Crippen LogP contribution in [0.1, 0.15) is 30.1 Å². The molecule has 0 atom stereocenters. The number of amides is 1. The summed E-state index contributed by atoms with van der Waals surface area (Å²) < 4.78 is 31.3. The molecule has 0 spiro atoms. The number of carbonyl (C=O) groups is 1. The molecule has 3 rings (SSSR count). The van der Waals surface area contributed by atoms with Gasteiger partial charge in [-0.25, -0.2) is 8.42 Å². The van der Waals surface area contributed by atoms with Crippen LogP contribution in [0.2, 0.25) is 0 Å². The molecule has 0 bridgehead atoms. The summed E-state index contributed by atoms with van der Waals surface area (Å²) in [5, 5.41) is 2.83. The van der Waals surface area contributed by atoms with Crippen molar-refractivity contribution in [3.05, 3.63) is 54.1 Å². The summed E-state index contributed by atoms with van der Waals surface area (Å²) in [6.45, 7) is 2.87. The van der Waals surface area contributed by atoms with E-state index < -0.39 is 10.0 Å². The highest BCUT2D eigenvalue weighted by molar-refractivity contribution is 7.92. The number of sulfonamides is 1. The SMILES string of the molecule is CCOc1ccccc1NC(=O)c1ccc(N2CCCCS2(=O)=O)cc1. The van der Waals surface area contributed by atoms with Crippen LogP contribution < -0.4 is 14.4 Å². The molecule has 0 radical (unpaired) electrons. The third-order valence-electron chi connectivity index (χ3n) is 4.20. The first kappa shape index (κ1) is 18.3. The molecule has 1 aliphatic heterocycles. The summed E-state index contributed by atoms with van der Waals surface area (Å²) in [6, 6.07) is 13.9. The van der Waals surface area contributed by atoms with Crippen molar-refractivity contribution in [2.75, 3.05) is 28.5 Å². The summed E-state index contributed by atoms with van der Waals surface area (Å²) in [5.74, 6) is 0.508. The Hall–Kier alpha value is -2.54. The van der Waals surface area contributed by atoms with Crippen LogP contribution in [0.15, 0.2) is 48.5 Å². The fourth-order valence-electron chi connectivity index (χ4n) is 2.90. The summed E-state index contributed by atoms with van der Waals surface area (Å²) >= 11 is 0. The predicted molar refractivity (Wildman–Crippen MR) is 102 cm³/mol. The highest BCUT2D eigenvalue weighted by Crippen LogP contribution is 2.26. The molecule has 2 aromatic carbocycles. The average Bonchev–Trinajstić information content (AvgIpc) is 2.63. The Morgan fingerprint density at radius 1 is 1.12 bits per heavy atom. The molecule has 26 heavy (non-hydrogen) atoms. The summed E-state index contributed by atoms with van der Waals surface area (Å²) in [6.07, 6.45) is 1.54. The van der Waals surface area contributed by atoms with Gasteiger partial charge >= 0.3 is 0 Å². The zero-order chi connectivity index (χ0) is 18.6. The normalized spacial score (nSPS) is 16.1. The number of para-hydroxylation sites is 2. The molecule has 6 nitrogen and oxygen atoms in total. The number of nitrogens with zero attached hydrogens (tertiary/aromatic N) is 1. The van der Waals surface area contributed by atoms with Crippen molar-refractivity contribution in [2.24, 2.45) is 0 Å². The van der Waals surface area contributed by atoms with Crippen LogP contribution in [0.5, 0.6) is 5.75 Å². The van der Waals surface area contributed by atoms with E-state index in [-0.39, 0.29) is 11.7 Å². The van der Waals surface area contributed by atoms with Crippen LogP contribution >= 0.6 is 0 Å². The standard InChI is InChI=1S/C19H22N2O4S/c1-2-25-18-8-4-3-7-17(18)20-19(22)15-9-11-16(12-10-15)21-13-5-6-14-26(21,23)24/h3-4,7-12H,2,5-6,13-14H2,1H3,(H,20,22). The summed E-state index contributed by atoms with van der Waals surface area (Å²) in [4.78, 5) is 12.5. The van der Waals surface area contributed by atoms with Crippen LogP contribution in [0.4, 0.5) is 11.4 Å². The van der Waals surface area contributed by atoms with Crippen molar-refractivity contribution in [1.82, 2.24) is 0 Å². The van der Waals surface area contributed by atoms with E-state index in [9.17, 15) is 13.2 Å². The van der Waals surface area contributed by atoms with E-state index >= 15 is 0 Å². The quantitative estimate of drug-likeness (QED) is 0.871. The molecular weight excluding hydrogens is 352 g/mol. The number of rotatable bonds is 5. The van der Waals surface area contributed by atoms with Gasteiger partial charge in [0, 0.05) is 12.1 Å². The van der Waals surface area contributed by atoms with E-state index in [4.69, 9.17) is 4.74 Å². The Bertz CT molecular complexity index is 879. The van der Waals surface area contributed by atoms with E-state index in [0.29, 0.717) is 42.3 Å². The van der Waals surface area contributed by atoms with Gasteiger partial charge in [-0.1, -0.05) is 12.1 Å². The molecule has 1 saturated heterocycles. The van der Waals surface area contributed by atoms with E-state index in [2.05, 4.69) is 5.32 Å². The highest BCUT2D eigenvalue weighted by atomic mass is 32.2. The van der Waals surface area contributed by atoms with Crippen LogP contribution in [0.25, 0.3) is 0 Å². The van der Waals surface area contributed by atoms with Gasteiger partial charge in [0.2, 0.25) is 10.0 Å². The van der Waals surface area contributed by atoms with Crippen molar-refractivity contribution >= 4 is 27.3 Å². The first-order valence-corrected chi connectivity index (χ1v) is 10.3. The fourth-order valence-corrected chi connectivity index (χ4v) is 4.54. The van der Waals surface area contributed by atoms with E-state index in [1.165, 1.54) is 4.31 Å². The molecule has 1 aliphatic rings. The zero-order valence-corrected chi connectivity index (χ0v) is 15.5. The summed E-state index contributed by atoms with van der Waals surface area (Å²) in [7, 11) is -3.25. The lowest BCUT2D eigenvalue weighted by Crippen LogP contribution is -2.37. The van der Waals surface area contributed by atoms with Gasteiger partial charge in [-0.3, -0.25) is 9.10 Å². The maximum atomic E-state index is 12.5. The molecule has 0 aliphatic carbocycles. The number of hydrogen-bond acceptors (Lipinski definition) is 4. The van der Waals surface area contributed by atoms with Crippen LogP contribution in [0.3, 0.4) is 0 Å². The Kier molecular flexibility index (Phi) is 5.46. The minimum absolute atomic E-state index is 0.170. The Morgan fingerprint density at radius 2 is 1.85 bits per heavy atom. The first-order valence-electron chi connectivity index (χ1n) is 8.65. The Balaban J connectivity index is 1.75. The lowest BCUT2D eigenvalue weighted by molar-refractivity contribution is 0.102. The monoisotopic (exact) mass is 374 g/mol. The van der Waals surface area contributed by atoms with Crippen molar-refractivity contribution in [1.29, 1.82) is 0 Å². The second-order valence-electron chi connectivity index (χ2n) is 6.03. The molecular formula is C19H22N2O4S. The maximum absolute atomic E-state index is 12.5. The van der Waals surface area contributed by atoms with E-state index in [1.54, 1.807) is 36.4 Å². The molecule has 7 heteroatoms. The van der Waals surface area contributed by atoms with Gasteiger partial charge < -0.3 is 10.1 Å². The van der Waals surface area contributed by atoms with Crippen molar-refractivity contribution in [2.45, 2.75) is 19.8 Å². The van der Waals surface area contributed by atoms with Crippen LogP contribution in [0, 0.1) is 0 Å². The largest absolute Gasteiger partial charge is 0.492 e. The van der Waals surface area contributed by atoms with Gasteiger partial charge in [0.1, 0.15) is 5.75 Å².